The predicted molar refractivity (Wildman–Crippen MR) is 129 cm³/mol. The van der Waals surface area contributed by atoms with Crippen LogP contribution in [0.5, 0.6) is 5.75 Å². The third-order valence-corrected chi connectivity index (χ3v) is 6.78. The normalized spacial score (nSPS) is 18.1. The average Bonchev–Trinajstić information content (AvgIpc) is 3.35. The van der Waals surface area contributed by atoms with Crippen molar-refractivity contribution in [2.45, 2.75) is 31.7 Å². The molecule has 0 radical (unpaired) electrons. The number of carbonyl (C=O) groups excluding carboxylic acids is 1. The highest BCUT2D eigenvalue weighted by Crippen LogP contribution is 2.37. The molecule has 0 unspecified atom stereocenters. The third kappa shape index (κ3) is 4.40. The number of halogens is 3. The maximum absolute atomic E-state index is 13.7. The van der Waals surface area contributed by atoms with Crippen molar-refractivity contribution in [2.75, 3.05) is 30.0 Å². The van der Waals surface area contributed by atoms with Crippen LogP contribution in [0.2, 0.25) is 0 Å². The number of methoxy groups -OCH3 is 1. The average molecular weight is 482 g/mol. The van der Waals surface area contributed by atoms with Crippen molar-refractivity contribution >= 4 is 17.4 Å². The molecule has 2 aliphatic rings. The van der Waals surface area contributed by atoms with E-state index >= 15 is 0 Å². The van der Waals surface area contributed by atoms with Gasteiger partial charge in [0, 0.05) is 19.6 Å². The van der Waals surface area contributed by atoms with E-state index in [0.717, 1.165) is 36.0 Å². The van der Waals surface area contributed by atoms with Crippen molar-refractivity contribution in [1.82, 2.24) is 4.90 Å². The summed E-state index contributed by atoms with van der Waals surface area (Å²) >= 11 is 0. The minimum absolute atomic E-state index is 0.0684. The number of alkyl halides is 3. The predicted octanol–water partition coefficient (Wildman–Crippen LogP) is 5.94. The van der Waals surface area contributed by atoms with Crippen molar-refractivity contribution in [3.05, 3.63) is 89.5 Å². The van der Waals surface area contributed by atoms with E-state index in [-0.39, 0.29) is 24.2 Å². The molecule has 0 spiro atoms. The Kier molecular flexibility index (Phi) is 6.05. The molecule has 0 aliphatic carbocycles. The van der Waals surface area contributed by atoms with Crippen LogP contribution in [-0.4, -0.2) is 37.2 Å². The highest BCUT2D eigenvalue weighted by Gasteiger charge is 2.39. The molecule has 3 aromatic carbocycles. The minimum Gasteiger partial charge on any atom is -0.495 e. The molecule has 0 saturated carbocycles. The first kappa shape index (κ1) is 23.1. The van der Waals surface area contributed by atoms with E-state index in [1.165, 1.54) is 17.0 Å². The van der Waals surface area contributed by atoms with Crippen LogP contribution in [0.25, 0.3) is 0 Å². The van der Waals surface area contributed by atoms with Crippen LogP contribution in [0.1, 0.15) is 23.1 Å². The monoisotopic (exact) mass is 481 g/mol. The number of urea groups is 1. The standard InChI is InChI=1S/C27H26F3N3O2/c1-35-25-13-7-6-12-24(25)31-15-14-21(18-31)32-17-20-9-3-5-11-23(20)33(26(32)34)16-19-8-2-4-10-22(19)27(28,29)30/h2-13,21H,14-18H2,1H3/t21-/m0/s1. The van der Waals surface area contributed by atoms with E-state index in [9.17, 15) is 18.0 Å². The second kappa shape index (κ2) is 9.17. The van der Waals surface area contributed by atoms with Gasteiger partial charge in [0.15, 0.2) is 0 Å². The summed E-state index contributed by atoms with van der Waals surface area (Å²) in [6.07, 6.45) is -3.73. The Bertz CT molecular complexity index is 1230. The smallest absolute Gasteiger partial charge is 0.416 e. The molecular weight excluding hydrogens is 455 g/mol. The molecule has 2 amide bonds. The Labute approximate surface area is 202 Å². The molecule has 1 atom stereocenters. The van der Waals surface area contributed by atoms with Gasteiger partial charge in [0.1, 0.15) is 5.75 Å². The lowest BCUT2D eigenvalue weighted by molar-refractivity contribution is -0.138. The van der Waals surface area contributed by atoms with Crippen molar-refractivity contribution in [3.63, 3.8) is 0 Å². The van der Waals surface area contributed by atoms with Gasteiger partial charge in [-0.25, -0.2) is 4.79 Å². The number of nitrogens with zero attached hydrogens (tertiary/aromatic N) is 3. The summed E-state index contributed by atoms with van der Waals surface area (Å²) in [7, 11) is 1.63. The Hall–Kier alpha value is -3.68. The van der Waals surface area contributed by atoms with Gasteiger partial charge in [0.2, 0.25) is 0 Å². The van der Waals surface area contributed by atoms with Gasteiger partial charge in [-0.2, -0.15) is 13.2 Å². The van der Waals surface area contributed by atoms with Crippen LogP contribution in [0, 0.1) is 0 Å². The van der Waals surface area contributed by atoms with Crippen LogP contribution in [-0.2, 0) is 19.3 Å². The quantitative estimate of drug-likeness (QED) is 0.453. The van der Waals surface area contributed by atoms with Gasteiger partial charge in [-0.3, -0.25) is 4.90 Å². The highest BCUT2D eigenvalue weighted by atomic mass is 19.4. The molecular formula is C27H26F3N3O2. The first-order valence-corrected chi connectivity index (χ1v) is 11.6. The zero-order valence-electron chi connectivity index (χ0n) is 19.3. The summed E-state index contributed by atoms with van der Waals surface area (Å²) < 4.78 is 46.5. The Morgan fingerprint density at radius 3 is 2.40 bits per heavy atom. The second-order valence-electron chi connectivity index (χ2n) is 8.84. The maximum Gasteiger partial charge on any atom is 0.416 e. The van der Waals surface area contributed by atoms with Gasteiger partial charge in [0.05, 0.1) is 36.6 Å². The van der Waals surface area contributed by atoms with Crippen LogP contribution in [0.4, 0.5) is 29.3 Å². The topological polar surface area (TPSA) is 36.0 Å². The SMILES string of the molecule is COc1ccccc1N1CC[C@H](N2Cc3ccccc3N(Cc3ccccc3C(F)(F)F)C2=O)C1. The fraction of sp³-hybridized carbons (Fsp3) is 0.296. The Morgan fingerprint density at radius 1 is 0.943 bits per heavy atom. The Balaban J connectivity index is 1.44. The summed E-state index contributed by atoms with van der Waals surface area (Å²) in [6.45, 7) is 1.66. The van der Waals surface area contributed by atoms with Crippen LogP contribution >= 0.6 is 0 Å². The molecule has 0 aromatic heterocycles. The zero-order valence-corrected chi connectivity index (χ0v) is 19.3. The summed E-state index contributed by atoms with van der Waals surface area (Å²) in [6, 6.07) is 20.3. The van der Waals surface area contributed by atoms with Gasteiger partial charge < -0.3 is 14.5 Å². The number of fused-ring (bicyclic) bond motifs is 1. The third-order valence-electron chi connectivity index (χ3n) is 6.78. The van der Waals surface area contributed by atoms with Gasteiger partial charge >= 0.3 is 12.2 Å². The van der Waals surface area contributed by atoms with Crippen LogP contribution in [0.3, 0.4) is 0 Å². The van der Waals surface area contributed by atoms with E-state index < -0.39 is 11.7 Å². The molecule has 1 fully saturated rings. The molecule has 0 N–H and O–H groups in total. The second-order valence-corrected chi connectivity index (χ2v) is 8.84. The summed E-state index contributed by atoms with van der Waals surface area (Å²) in [5.41, 5.74) is 1.91. The summed E-state index contributed by atoms with van der Waals surface area (Å²) in [5, 5.41) is 0. The molecule has 2 aliphatic heterocycles. The van der Waals surface area contributed by atoms with E-state index in [0.29, 0.717) is 18.8 Å². The van der Waals surface area contributed by atoms with Crippen molar-refractivity contribution in [2.24, 2.45) is 0 Å². The minimum atomic E-state index is -4.49. The number of rotatable bonds is 5. The number of hydrogen-bond acceptors (Lipinski definition) is 3. The lowest BCUT2D eigenvalue weighted by Gasteiger charge is -2.40. The van der Waals surface area contributed by atoms with E-state index in [2.05, 4.69) is 4.90 Å². The first-order chi connectivity index (χ1) is 16.9. The van der Waals surface area contributed by atoms with E-state index in [4.69, 9.17) is 4.74 Å². The Morgan fingerprint density at radius 2 is 1.63 bits per heavy atom. The number of hydrogen-bond donors (Lipinski definition) is 0. The molecule has 3 aromatic rings. The number of carbonyl (C=O) groups is 1. The molecule has 5 rings (SSSR count). The number of para-hydroxylation sites is 3. The number of ether oxygens (including phenoxy) is 1. The van der Waals surface area contributed by atoms with Gasteiger partial charge in [-0.15, -0.1) is 0 Å². The molecule has 8 heteroatoms. The van der Waals surface area contributed by atoms with Crippen molar-refractivity contribution in [3.8, 4) is 5.75 Å². The lowest BCUT2D eigenvalue weighted by atomic mass is 10.0. The summed E-state index contributed by atoms with van der Waals surface area (Å²) in [5.74, 6) is 0.772. The van der Waals surface area contributed by atoms with Crippen LogP contribution < -0.4 is 14.5 Å². The number of benzene rings is 3. The van der Waals surface area contributed by atoms with Crippen molar-refractivity contribution in [1.29, 1.82) is 0 Å². The molecule has 182 valence electrons. The summed E-state index contributed by atoms with van der Waals surface area (Å²) in [4.78, 5) is 19.2. The number of anilines is 2. The van der Waals surface area contributed by atoms with Crippen LogP contribution in [0.15, 0.2) is 72.8 Å². The largest absolute Gasteiger partial charge is 0.495 e. The van der Waals surface area contributed by atoms with Gasteiger partial charge in [-0.1, -0.05) is 48.5 Å². The van der Waals surface area contributed by atoms with E-state index in [1.807, 2.05) is 42.5 Å². The lowest BCUT2D eigenvalue weighted by Crippen LogP contribution is -2.52. The fourth-order valence-electron chi connectivity index (χ4n) is 5.07. The van der Waals surface area contributed by atoms with Crippen molar-refractivity contribution < 1.29 is 22.7 Å². The molecule has 2 heterocycles. The molecule has 35 heavy (non-hydrogen) atoms. The van der Waals surface area contributed by atoms with E-state index in [1.54, 1.807) is 24.1 Å². The maximum atomic E-state index is 13.7. The highest BCUT2D eigenvalue weighted by molar-refractivity contribution is 5.95. The zero-order chi connectivity index (χ0) is 24.6. The number of amides is 2. The molecule has 1 saturated heterocycles. The van der Waals surface area contributed by atoms with Gasteiger partial charge in [0.25, 0.3) is 0 Å². The molecule has 0 bridgehead atoms. The molecule has 5 nitrogen and oxygen atoms in total. The fourth-order valence-corrected chi connectivity index (χ4v) is 5.07. The first-order valence-electron chi connectivity index (χ1n) is 11.6. The van der Waals surface area contributed by atoms with Gasteiger partial charge in [-0.05, 0) is 41.8 Å².